The first-order valence-electron chi connectivity index (χ1n) is 5.75. The molecule has 0 nitrogen and oxygen atoms in total. The highest BCUT2D eigenvalue weighted by Crippen LogP contribution is 2.27. The quantitative estimate of drug-likeness (QED) is 0.399. The van der Waals surface area contributed by atoms with Crippen LogP contribution in [0.2, 0.25) is 0 Å². The number of thioether (sulfide) groups is 1. The molecular weight excluding hydrogens is 316 g/mol. The van der Waals surface area contributed by atoms with Gasteiger partial charge in [-0.15, -0.1) is 15.5 Å². The molecule has 0 fully saturated rings. The van der Waals surface area contributed by atoms with Crippen molar-refractivity contribution in [2.24, 2.45) is 0 Å². The zero-order valence-electron chi connectivity index (χ0n) is 9.64. The summed E-state index contributed by atoms with van der Waals surface area (Å²) in [5.74, 6) is 1.22. The second-order valence-corrected chi connectivity index (χ2v) is 7.68. The monoisotopic (exact) mass is 330 g/mol. The maximum atomic E-state index is 5.92. The van der Waals surface area contributed by atoms with Gasteiger partial charge in [0, 0.05) is 9.37 Å². The van der Waals surface area contributed by atoms with Gasteiger partial charge in [-0.3, -0.25) is 0 Å². The van der Waals surface area contributed by atoms with Crippen LogP contribution in [0.3, 0.4) is 0 Å². The van der Waals surface area contributed by atoms with E-state index in [1.165, 1.54) is 44.5 Å². The van der Waals surface area contributed by atoms with Gasteiger partial charge in [-0.1, -0.05) is 38.3 Å². The Morgan fingerprint density at radius 3 is 2.75 bits per heavy atom. The molecule has 86 valence electrons. The van der Waals surface area contributed by atoms with E-state index in [1.54, 1.807) is 0 Å². The highest BCUT2D eigenvalue weighted by molar-refractivity contribution is 9.10. The van der Waals surface area contributed by atoms with Crippen molar-refractivity contribution in [3.8, 4) is 0 Å². The van der Waals surface area contributed by atoms with Crippen molar-refractivity contribution < 1.29 is 0 Å². The second kappa shape index (κ2) is 9.09. The van der Waals surface area contributed by atoms with Crippen molar-refractivity contribution in [3.63, 3.8) is 0 Å². The number of halogens is 2. The molecule has 0 amide bonds. The van der Waals surface area contributed by atoms with Gasteiger partial charge >= 0.3 is 19.3 Å². The van der Waals surface area contributed by atoms with Crippen LogP contribution in [0.5, 0.6) is 0 Å². The molecule has 1 aromatic carbocycles. The summed E-state index contributed by atoms with van der Waals surface area (Å²) in [6.07, 6.45) is 5.34. The summed E-state index contributed by atoms with van der Waals surface area (Å²) in [7, 11) is 5.92. The second-order valence-electron chi connectivity index (χ2n) is 3.81. The zero-order valence-corrected chi connectivity index (χ0v) is 14.2. The molecule has 0 unspecified atom stereocenters. The fourth-order valence-corrected chi connectivity index (χ4v) is 4.44. The van der Waals surface area contributed by atoms with E-state index in [0.29, 0.717) is 0 Å². The van der Waals surface area contributed by atoms with Crippen molar-refractivity contribution >= 4 is 59.7 Å². The van der Waals surface area contributed by atoms with Crippen LogP contribution >= 0.6 is 36.8 Å². The molecular formula is C12H16BrClMgS. The summed E-state index contributed by atoms with van der Waals surface area (Å²) in [4.78, 5) is 1.35. The molecule has 0 saturated heterocycles. The van der Waals surface area contributed by atoms with E-state index in [-0.39, 0.29) is 0 Å². The van der Waals surface area contributed by atoms with Crippen LogP contribution in [0, 0.1) is 0 Å². The van der Waals surface area contributed by atoms with Gasteiger partial charge in [0.25, 0.3) is 0 Å². The number of benzene rings is 1. The minimum absolute atomic E-state index is 0.544. The summed E-state index contributed by atoms with van der Waals surface area (Å²) in [5, 5.41) is 0. The first-order chi connectivity index (χ1) is 7.77. The summed E-state index contributed by atoms with van der Waals surface area (Å²) in [5.41, 5.74) is 0. The molecule has 0 spiro atoms. The lowest BCUT2D eigenvalue weighted by Gasteiger charge is -2.06. The minimum atomic E-state index is -0.544. The third-order valence-electron chi connectivity index (χ3n) is 2.41. The lowest BCUT2D eigenvalue weighted by Crippen LogP contribution is -2.07. The smallest absolute Gasteiger partial charge is 0.336 e. The van der Waals surface area contributed by atoms with Crippen LogP contribution in [-0.2, 0) is 0 Å². The normalized spacial score (nSPS) is 10.2. The molecule has 0 aliphatic carbocycles. The van der Waals surface area contributed by atoms with Gasteiger partial charge < -0.3 is 9.07 Å². The molecule has 1 rings (SSSR count). The number of rotatable bonds is 7. The zero-order chi connectivity index (χ0) is 11.8. The summed E-state index contributed by atoms with van der Waals surface area (Å²) < 4.78 is 2.52. The van der Waals surface area contributed by atoms with Gasteiger partial charge in [0.2, 0.25) is 0 Å². The third-order valence-corrected chi connectivity index (χ3v) is 6.16. The standard InChI is InChI=1S/C12H16BrS.ClH.Mg/c1-2-3-4-7-10-14-12-9-6-5-8-11(12)13;;/h6,8-9H,2-4,7,10H2,1H3;1H;/q;;+1/p-1. The Morgan fingerprint density at radius 1 is 1.31 bits per heavy atom. The Bertz CT molecular complexity index is 320. The summed E-state index contributed by atoms with van der Waals surface area (Å²) in [6.45, 7) is 2.25. The van der Waals surface area contributed by atoms with E-state index < -0.39 is 19.3 Å². The van der Waals surface area contributed by atoms with Gasteiger partial charge in [0.1, 0.15) is 0 Å². The molecule has 0 bridgehead atoms. The summed E-state index contributed by atoms with van der Waals surface area (Å²) >= 11 is 5.01. The van der Waals surface area contributed by atoms with Crippen LogP contribution < -0.4 is 3.69 Å². The molecule has 0 N–H and O–H groups in total. The average molecular weight is 332 g/mol. The van der Waals surface area contributed by atoms with E-state index >= 15 is 0 Å². The Morgan fingerprint density at radius 2 is 2.12 bits per heavy atom. The van der Waals surface area contributed by atoms with Crippen LogP contribution in [0.15, 0.2) is 27.6 Å². The highest BCUT2D eigenvalue weighted by atomic mass is 79.9. The number of hydrogen-bond donors (Lipinski definition) is 0. The molecule has 0 saturated carbocycles. The topological polar surface area (TPSA) is 0 Å². The van der Waals surface area contributed by atoms with Crippen LogP contribution in [0.25, 0.3) is 0 Å². The molecule has 0 aliphatic rings. The Kier molecular flexibility index (Phi) is 8.62. The molecule has 4 heteroatoms. The average Bonchev–Trinajstić information content (AvgIpc) is 2.30. The molecule has 1 aromatic rings. The van der Waals surface area contributed by atoms with E-state index in [0.717, 1.165) is 0 Å². The maximum Gasteiger partial charge on any atom is 0.538 e. The molecule has 16 heavy (non-hydrogen) atoms. The molecule has 0 atom stereocenters. The highest BCUT2D eigenvalue weighted by Gasteiger charge is 2.03. The lowest BCUT2D eigenvalue weighted by atomic mass is 10.2. The van der Waals surface area contributed by atoms with Crippen LogP contribution in [-0.4, -0.2) is 25.0 Å². The van der Waals surface area contributed by atoms with E-state index in [2.05, 4.69) is 41.1 Å². The SMILES string of the molecule is CCCCCCSc1cc[c]([Mg][Cl])cc1Br. The largest absolute Gasteiger partial charge is 0.538 e. The minimum Gasteiger partial charge on any atom is -0.336 e. The molecule has 0 radical (unpaired) electrons. The predicted octanol–water partition coefficient (Wildman–Crippen LogP) is 4.60. The van der Waals surface area contributed by atoms with Gasteiger partial charge in [0.05, 0.1) is 0 Å². The molecule has 0 aliphatic heterocycles. The van der Waals surface area contributed by atoms with Crippen molar-refractivity contribution in [1.82, 2.24) is 0 Å². The number of hydrogen-bond acceptors (Lipinski definition) is 1. The Hall–Kier alpha value is 1.11. The fourth-order valence-electron chi connectivity index (χ4n) is 1.46. The molecule has 0 heterocycles. The summed E-state index contributed by atoms with van der Waals surface area (Å²) in [6, 6.07) is 6.53. The lowest BCUT2D eigenvalue weighted by molar-refractivity contribution is 0.706. The van der Waals surface area contributed by atoms with Crippen molar-refractivity contribution in [3.05, 3.63) is 22.7 Å². The Labute approximate surface area is 125 Å². The van der Waals surface area contributed by atoms with Crippen LogP contribution in [0.1, 0.15) is 32.6 Å². The van der Waals surface area contributed by atoms with Gasteiger partial charge in [-0.2, -0.15) is 0 Å². The van der Waals surface area contributed by atoms with Crippen molar-refractivity contribution in [2.45, 2.75) is 37.5 Å². The van der Waals surface area contributed by atoms with E-state index in [4.69, 9.17) is 9.07 Å². The maximum absolute atomic E-state index is 5.92. The van der Waals surface area contributed by atoms with Crippen LogP contribution in [0.4, 0.5) is 0 Å². The molecule has 0 aromatic heterocycles. The van der Waals surface area contributed by atoms with E-state index in [9.17, 15) is 0 Å². The predicted molar refractivity (Wildman–Crippen MR) is 80.2 cm³/mol. The van der Waals surface area contributed by atoms with E-state index in [1.807, 2.05) is 11.8 Å². The van der Waals surface area contributed by atoms with Gasteiger partial charge in [-0.25, -0.2) is 0 Å². The first-order valence-corrected chi connectivity index (χ1v) is 10.4. The fraction of sp³-hybridized carbons (Fsp3) is 0.500. The van der Waals surface area contributed by atoms with Crippen molar-refractivity contribution in [1.29, 1.82) is 0 Å². The van der Waals surface area contributed by atoms with Crippen molar-refractivity contribution in [2.75, 3.05) is 5.75 Å². The van der Waals surface area contributed by atoms with Gasteiger partial charge in [0.15, 0.2) is 0 Å². The first kappa shape index (κ1) is 15.2. The Balaban J connectivity index is 2.36. The third kappa shape index (κ3) is 5.63. The number of unbranched alkanes of at least 4 members (excludes halogenated alkanes) is 3. The van der Waals surface area contributed by atoms with Gasteiger partial charge in [-0.05, 0) is 34.2 Å².